The number of aliphatic hydroxyl groups is 1. The van der Waals surface area contributed by atoms with Crippen molar-refractivity contribution in [2.24, 2.45) is 0 Å². The lowest BCUT2D eigenvalue weighted by Crippen LogP contribution is -1.98. The van der Waals surface area contributed by atoms with Crippen molar-refractivity contribution in [1.29, 1.82) is 0 Å². The van der Waals surface area contributed by atoms with E-state index in [1.54, 1.807) is 30.6 Å². The molecule has 0 spiro atoms. The van der Waals surface area contributed by atoms with Crippen LogP contribution in [0.2, 0.25) is 5.02 Å². The van der Waals surface area contributed by atoms with Gasteiger partial charge in [0.05, 0.1) is 12.1 Å². The molecule has 1 unspecified atom stereocenters. The van der Waals surface area contributed by atoms with E-state index in [9.17, 15) is 5.11 Å². The SMILES string of the molecule is COc1ccc(C(O)c2csc(C)c2)cc1Cl. The number of benzene rings is 1. The molecule has 0 aliphatic rings. The summed E-state index contributed by atoms with van der Waals surface area (Å²) in [6.45, 7) is 2.02. The topological polar surface area (TPSA) is 29.5 Å². The number of aliphatic hydroxyl groups excluding tert-OH is 1. The summed E-state index contributed by atoms with van der Waals surface area (Å²) in [5.74, 6) is 0.615. The molecule has 1 atom stereocenters. The second kappa shape index (κ2) is 5.08. The first-order valence-electron chi connectivity index (χ1n) is 5.18. The molecule has 0 radical (unpaired) electrons. The minimum absolute atomic E-state index is 0.510. The molecule has 0 saturated heterocycles. The molecule has 1 aromatic carbocycles. The molecule has 0 bridgehead atoms. The number of rotatable bonds is 3. The van der Waals surface area contributed by atoms with Gasteiger partial charge in [0.1, 0.15) is 11.9 Å². The zero-order valence-electron chi connectivity index (χ0n) is 9.61. The third kappa shape index (κ3) is 2.63. The molecule has 17 heavy (non-hydrogen) atoms. The summed E-state index contributed by atoms with van der Waals surface area (Å²) in [6.07, 6.45) is -0.636. The molecular weight excluding hydrogens is 256 g/mol. The van der Waals surface area contributed by atoms with E-state index in [0.717, 1.165) is 11.1 Å². The fourth-order valence-electron chi connectivity index (χ4n) is 1.65. The quantitative estimate of drug-likeness (QED) is 0.917. The fourth-order valence-corrected chi connectivity index (χ4v) is 2.64. The average Bonchev–Trinajstić information content (AvgIpc) is 2.75. The van der Waals surface area contributed by atoms with Gasteiger partial charge in [-0.1, -0.05) is 17.7 Å². The van der Waals surface area contributed by atoms with Gasteiger partial charge in [0, 0.05) is 4.88 Å². The predicted octanol–water partition coefficient (Wildman–Crippen LogP) is 3.80. The van der Waals surface area contributed by atoms with Crippen LogP contribution in [0.3, 0.4) is 0 Å². The number of ether oxygens (including phenoxy) is 1. The van der Waals surface area contributed by atoms with Crippen LogP contribution in [0.5, 0.6) is 5.75 Å². The maximum atomic E-state index is 10.2. The van der Waals surface area contributed by atoms with Crippen molar-refractivity contribution in [3.63, 3.8) is 0 Å². The molecule has 2 aromatic rings. The Kier molecular flexibility index (Phi) is 3.72. The first-order valence-corrected chi connectivity index (χ1v) is 6.44. The molecular formula is C13H13ClO2S. The highest BCUT2D eigenvalue weighted by molar-refractivity contribution is 7.10. The highest BCUT2D eigenvalue weighted by atomic mass is 35.5. The van der Waals surface area contributed by atoms with Crippen molar-refractivity contribution in [3.05, 3.63) is 50.7 Å². The van der Waals surface area contributed by atoms with Gasteiger partial charge in [-0.2, -0.15) is 0 Å². The summed E-state index contributed by atoms with van der Waals surface area (Å²) in [6, 6.07) is 7.30. The first kappa shape index (κ1) is 12.4. The Hall–Kier alpha value is -1.03. The van der Waals surface area contributed by atoms with Gasteiger partial charge in [-0.3, -0.25) is 0 Å². The van der Waals surface area contributed by atoms with Gasteiger partial charge in [0.15, 0.2) is 0 Å². The van der Waals surface area contributed by atoms with Crippen LogP contribution in [-0.2, 0) is 0 Å². The van der Waals surface area contributed by atoms with E-state index < -0.39 is 6.10 Å². The largest absolute Gasteiger partial charge is 0.495 e. The Bertz CT molecular complexity index is 522. The van der Waals surface area contributed by atoms with Gasteiger partial charge < -0.3 is 9.84 Å². The van der Waals surface area contributed by atoms with Gasteiger partial charge >= 0.3 is 0 Å². The Morgan fingerprint density at radius 3 is 2.59 bits per heavy atom. The third-order valence-electron chi connectivity index (χ3n) is 2.56. The monoisotopic (exact) mass is 268 g/mol. The summed E-state index contributed by atoms with van der Waals surface area (Å²) in [7, 11) is 1.57. The predicted molar refractivity (Wildman–Crippen MR) is 71.1 cm³/mol. The standard InChI is InChI=1S/C13H13ClO2S/c1-8-5-10(7-17-8)13(15)9-3-4-12(16-2)11(14)6-9/h3-7,13,15H,1-2H3. The lowest BCUT2D eigenvalue weighted by molar-refractivity contribution is 0.220. The van der Waals surface area contributed by atoms with E-state index >= 15 is 0 Å². The van der Waals surface area contributed by atoms with Crippen LogP contribution < -0.4 is 4.74 Å². The van der Waals surface area contributed by atoms with Crippen LogP contribution in [0.1, 0.15) is 22.1 Å². The van der Waals surface area contributed by atoms with Crippen LogP contribution >= 0.6 is 22.9 Å². The number of thiophene rings is 1. The zero-order valence-corrected chi connectivity index (χ0v) is 11.2. The molecule has 1 N–H and O–H groups in total. The second-order valence-corrected chi connectivity index (χ2v) is 5.31. The van der Waals surface area contributed by atoms with Crippen molar-refractivity contribution < 1.29 is 9.84 Å². The average molecular weight is 269 g/mol. The van der Waals surface area contributed by atoms with Crippen molar-refractivity contribution in [2.75, 3.05) is 7.11 Å². The number of hydrogen-bond acceptors (Lipinski definition) is 3. The molecule has 1 aromatic heterocycles. The van der Waals surface area contributed by atoms with E-state index in [1.165, 1.54) is 4.88 Å². The van der Waals surface area contributed by atoms with Crippen molar-refractivity contribution in [1.82, 2.24) is 0 Å². The molecule has 90 valence electrons. The van der Waals surface area contributed by atoms with Crippen LogP contribution in [0.15, 0.2) is 29.6 Å². The van der Waals surface area contributed by atoms with Gasteiger partial charge in [0.2, 0.25) is 0 Å². The van der Waals surface area contributed by atoms with Crippen molar-refractivity contribution in [2.45, 2.75) is 13.0 Å². The minimum atomic E-state index is -0.636. The number of halogens is 1. The highest BCUT2D eigenvalue weighted by Crippen LogP contribution is 2.31. The number of hydrogen-bond donors (Lipinski definition) is 1. The third-order valence-corrected chi connectivity index (χ3v) is 3.73. The van der Waals surface area contributed by atoms with E-state index in [4.69, 9.17) is 16.3 Å². The summed E-state index contributed by atoms with van der Waals surface area (Å²) >= 11 is 7.65. The summed E-state index contributed by atoms with van der Waals surface area (Å²) in [5.41, 5.74) is 1.67. The lowest BCUT2D eigenvalue weighted by atomic mass is 10.0. The maximum Gasteiger partial charge on any atom is 0.137 e. The summed E-state index contributed by atoms with van der Waals surface area (Å²) < 4.78 is 5.08. The van der Waals surface area contributed by atoms with Gasteiger partial charge in [-0.15, -0.1) is 11.3 Å². The summed E-state index contributed by atoms with van der Waals surface area (Å²) in [4.78, 5) is 1.18. The Balaban J connectivity index is 2.31. The second-order valence-electron chi connectivity index (χ2n) is 3.79. The van der Waals surface area contributed by atoms with Gasteiger partial charge in [-0.25, -0.2) is 0 Å². The highest BCUT2D eigenvalue weighted by Gasteiger charge is 2.13. The molecule has 2 rings (SSSR count). The summed E-state index contributed by atoms with van der Waals surface area (Å²) in [5, 5.41) is 12.7. The first-order chi connectivity index (χ1) is 8.11. The van der Waals surface area contributed by atoms with Crippen molar-refractivity contribution in [3.8, 4) is 5.75 Å². The van der Waals surface area contributed by atoms with Crippen LogP contribution in [0.25, 0.3) is 0 Å². The van der Waals surface area contributed by atoms with Crippen LogP contribution in [0.4, 0.5) is 0 Å². The molecule has 0 aliphatic heterocycles. The Morgan fingerprint density at radius 1 is 1.29 bits per heavy atom. The van der Waals surface area contributed by atoms with Crippen molar-refractivity contribution >= 4 is 22.9 Å². The number of methoxy groups -OCH3 is 1. The van der Waals surface area contributed by atoms with E-state index in [0.29, 0.717) is 10.8 Å². The smallest absolute Gasteiger partial charge is 0.137 e. The van der Waals surface area contributed by atoms with E-state index in [1.807, 2.05) is 24.4 Å². The lowest BCUT2D eigenvalue weighted by Gasteiger charge is -2.11. The number of aryl methyl sites for hydroxylation is 1. The van der Waals surface area contributed by atoms with Crippen LogP contribution in [-0.4, -0.2) is 12.2 Å². The molecule has 1 heterocycles. The Labute approximate surface area is 109 Å². The molecule has 4 heteroatoms. The molecule has 0 aliphatic carbocycles. The zero-order chi connectivity index (χ0) is 12.4. The molecule has 0 saturated carbocycles. The fraction of sp³-hybridized carbons (Fsp3) is 0.231. The van der Waals surface area contributed by atoms with E-state index in [2.05, 4.69) is 0 Å². The maximum absolute atomic E-state index is 10.2. The van der Waals surface area contributed by atoms with Crippen LogP contribution in [0, 0.1) is 6.92 Å². The van der Waals surface area contributed by atoms with Gasteiger partial charge in [0.25, 0.3) is 0 Å². The Morgan fingerprint density at radius 2 is 2.06 bits per heavy atom. The normalized spacial score (nSPS) is 12.5. The molecule has 0 amide bonds. The minimum Gasteiger partial charge on any atom is -0.495 e. The molecule has 2 nitrogen and oxygen atoms in total. The van der Waals surface area contributed by atoms with E-state index in [-0.39, 0.29) is 0 Å². The molecule has 0 fully saturated rings. The van der Waals surface area contributed by atoms with Gasteiger partial charge in [-0.05, 0) is 41.6 Å².